The third-order valence-corrected chi connectivity index (χ3v) is 6.63. The van der Waals surface area contributed by atoms with E-state index in [1.54, 1.807) is 4.90 Å². The van der Waals surface area contributed by atoms with Gasteiger partial charge in [0.1, 0.15) is 11.7 Å². The van der Waals surface area contributed by atoms with Gasteiger partial charge in [0.05, 0.1) is 24.1 Å². The summed E-state index contributed by atoms with van der Waals surface area (Å²) in [5, 5.41) is 5.06. The Morgan fingerprint density at radius 3 is 2.31 bits per heavy atom. The number of hydrogen-bond acceptors (Lipinski definition) is 5. The monoisotopic (exact) mass is 489 g/mol. The highest BCUT2D eigenvalue weighted by Gasteiger charge is 2.35. The number of benzene rings is 1. The third-order valence-electron chi connectivity index (χ3n) is 6.63. The lowest BCUT2D eigenvalue weighted by molar-refractivity contribution is -0.141. The zero-order valence-corrected chi connectivity index (χ0v) is 18.9. The average molecular weight is 489 g/mol. The van der Waals surface area contributed by atoms with Crippen LogP contribution in [0.4, 0.5) is 35.0 Å². The van der Waals surface area contributed by atoms with Crippen LogP contribution in [-0.4, -0.2) is 54.8 Å². The molecule has 11 heteroatoms. The first-order valence-electron chi connectivity index (χ1n) is 11.7. The summed E-state index contributed by atoms with van der Waals surface area (Å²) < 4.78 is 43.8. The molecule has 0 spiro atoms. The van der Waals surface area contributed by atoms with Crippen LogP contribution < -0.4 is 20.4 Å². The SMILES string of the molecule is O=C(Nc1ccc(C(F)(F)F)nc1)N[C@@H]1CCCN(c2ccc(N3C[C@H]4CC[C@@H](C3)O4)cc2)C1=O. The number of alkyl halides is 3. The molecule has 0 unspecified atom stereocenters. The van der Waals surface area contributed by atoms with Crippen LogP contribution in [0.3, 0.4) is 0 Å². The van der Waals surface area contributed by atoms with Crippen molar-refractivity contribution in [2.45, 2.75) is 50.1 Å². The number of carbonyl (C=O) groups is 2. The largest absolute Gasteiger partial charge is 0.433 e. The van der Waals surface area contributed by atoms with Crippen LogP contribution in [0.1, 0.15) is 31.4 Å². The number of nitrogens with one attached hydrogen (secondary N) is 2. The summed E-state index contributed by atoms with van der Waals surface area (Å²) in [5.74, 6) is -0.228. The second-order valence-electron chi connectivity index (χ2n) is 9.09. The Morgan fingerprint density at radius 2 is 1.69 bits per heavy atom. The Balaban J connectivity index is 1.19. The Bertz CT molecular complexity index is 1070. The van der Waals surface area contributed by atoms with Gasteiger partial charge >= 0.3 is 12.2 Å². The summed E-state index contributed by atoms with van der Waals surface area (Å²) in [6, 6.07) is 8.34. The molecule has 8 nitrogen and oxygen atoms in total. The molecule has 0 aliphatic carbocycles. The molecular formula is C24H26F3N5O3. The van der Waals surface area contributed by atoms with Gasteiger partial charge in [-0.05, 0) is 62.1 Å². The fraction of sp³-hybridized carbons (Fsp3) is 0.458. The maximum atomic E-state index is 13.1. The number of carbonyl (C=O) groups excluding carboxylic acids is 2. The average Bonchev–Trinajstić information content (AvgIpc) is 3.17. The van der Waals surface area contributed by atoms with Gasteiger partial charge in [-0.2, -0.15) is 13.2 Å². The number of anilines is 3. The predicted molar refractivity (Wildman–Crippen MR) is 123 cm³/mol. The number of nitrogens with zero attached hydrogens (tertiary/aromatic N) is 3. The summed E-state index contributed by atoms with van der Waals surface area (Å²) in [7, 11) is 0. The molecule has 0 saturated carbocycles. The van der Waals surface area contributed by atoms with Crippen molar-refractivity contribution in [1.29, 1.82) is 0 Å². The van der Waals surface area contributed by atoms with E-state index in [0.717, 1.165) is 55.6 Å². The Hall–Kier alpha value is -3.34. The molecule has 3 saturated heterocycles. The number of halogens is 3. The molecule has 1 aromatic carbocycles. The molecule has 2 bridgehead atoms. The van der Waals surface area contributed by atoms with E-state index in [2.05, 4.69) is 20.5 Å². The number of ether oxygens (including phenoxy) is 1. The molecule has 0 radical (unpaired) electrons. The molecule has 5 rings (SSSR count). The number of urea groups is 1. The van der Waals surface area contributed by atoms with Gasteiger partial charge in [-0.15, -0.1) is 0 Å². The molecule has 3 amide bonds. The second kappa shape index (κ2) is 9.37. The quantitative estimate of drug-likeness (QED) is 0.683. The fourth-order valence-electron chi connectivity index (χ4n) is 4.90. The van der Waals surface area contributed by atoms with Crippen LogP contribution in [0.2, 0.25) is 0 Å². The minimum atomic E-state index is -4.56. The number of aromatic nitrogens is 1. The van der Waals surface area contributed by atoms with E-state index in [1.165, 1.54) is 0 Å². The first kappa shape index (κ1) is 23.4. The van der Waals surface area contributed by atoms with Crippen LogP contribution >= 0.6 is 0 Å². The number of rotatable bonds is 4. The maximum absolute atomic E-state index is 13.1. The zero-order valence-electron chi connectivity index (χ0n) is 18.9. The lowest BCUT2D eigenvalue weighted by Crippen LogP contribution is -2.53. The summed E-state index contributed by atoms with van der Waals surface area (Å²) in [5.41, 5.74) is 0.905. The van der Waals surface area contributed by atoms with E-state index < -0.39 is 23.9 Å². The molecule has 3 aliphatic rings. The smallest absolute Gasteiger partial charge is 0.371 e. The summed E-state index contributed by atoms with van der Waals surface area (Å²) in [4.78, 5) is 32.7. The number of fused-ring (bicyclic) bond motifs is 2. The van der Waals surface area contributed by atoms with Gasteiger partial charge in [-0.25, -0.2) is 9.78 Å². The minimum absolute atomic E-state index is 0.0998. The zero-order chi connectivity index (χ0) is 24.6. The van der Waals surface area contributed by atoms with Crippen molar-refractivity contribution in [2.24, 2.45) is 0 Å². The van der Waals surface area contributed by atoms with Crippen molar-refractivity contribution in [3.05, 3.63) is 48.3 Å². The third kappa shape index (κ3) is 5.19. The van der Waals surface area contributed by atoms with E-state index >= 15 is 0 Å². The molecular weight excluding hydrogens is 463 g/mol. The van der Waals surface area contributed by atoms with Crippen LogP contribution in [-0.2, 0) is 15.7 Å². The standard InChI is InChI=1S/C24H26F3N5O3/c25-24(26,27)21-10-3-15(12-28-21)29-23(34)30-20-2-1-11-32(22(20)33)17-6-4-16(5-7-17)31-13-18-8-9-19(14-31)35-18/h3-7,10,12,18-20H,1-2,8-9,11,13-14H2,(H2,29,30,34)/t18-,19+,20-/m1/s1. The van der Waals surface area contributed by atoms with E-state index in [9.17, 15) is 22.8 Å². The maximum Gasteiger partial charge on any atom is 0.433 e. The number of hydrogen-bond donors (Lipinski definition) is 2. The molecule has 2 aromatic rings. The number of amides is 3. The molecule has 2 N–H and O–H groups in total. The number of pyridine rings is 1. The van der Waals surface area contributed by atoms with E-state index in [0.29, 0.717) is 19.4 Å². The minimum Gasteiger partial charge on any atom is -0.371 e. The summed E-state index contributed by atoms with van der Waals surface area (Å²) >= 11 is 0. The molecule has 3 aliphatic heterocycles. The van der Waals surface area contributed by atoms with Gasteiger partial charge in [0.2, 0.25) is 5.91 Å². The van der Waals surface area contributed by atoms with Gasteiger partial charge in [0.15, 0.2) is 0 Å². The lowest BCUT2D eigenvalue weighted by atomic mass is 10.0. The first-order valence-corrected chi connectivity index (χ1v) is 11.7. The van der Waals surface area contributed by atoms with E-state index in [1.807, 2.05) is 24.3 Å². The van der Waals surface area contributed by atoms with Crippen LogP contribution in [0.5, 0.6) is 0 Å². The highest BCUT2D eigenvalue weighted by atomic mass is 19.4. The van der Waals surface area contributed by atoms with Crippen molar-refractivity contribution in [2.75, 3.05) is 34.8 Å². The number of piperidine rings is 1. The van der Waals surface area contributed by atoms with Gasteiger partial charge in [0, 0.05) is 31.0 Å². The Labute approximate surface area is 200 Å². The van der Waals surface area contributed by atoms with Crippen molar-refractivity contribution in [1.82, 2.24) is 10.3 Å². The summed E-state index contributed by atoms with van der Waals surface area (Å²) in [6.07, 6.45) is 0.312. The van der Waals surface area contributed by atoms with Crippen molar-refractivity contribution >= 4 is 29.0 Å². The van der Waals surface area contributed by atoms with Gasteiger partial charge < -0.3 is 25.2 Å². The van der Waals surface area contributed by atoms with Crippen molar-refractivity contribution in [3.8, 4) is 0 Å². The van der Waals surface area contributed by atoms with Gasteiger partial charge in [-0.1, -0.05) is 0 Å². The van der Waals surface area contributed by atoms with Crippen molar-refractivity contribution < 1.29 is 27.5 Å². The van der Waals surface area contributed by atoms with Crippen molar-refractivity contribution in [3.63, 3.8) is 0 Å². The fourth-order valence-corrected chi connectivity index (χ4v) is 4.90. The highest BCUT2D eigenvalue weighted by molar-refractivity contribution is 6.01. The van der Waals surface area contributed by atoms with Crippen LogP contribution in [0.25, 0.3) is 0 Å². The van der Waals surface area contributed by atoms with Crippen LogP contribution in [0.15, 0.2) is 42.6 Å². The highest BCUT2D eigenvalue weighted by Crippen LogP contribution is 2.31. The van der Waals surface area contributed by atoms with Gasteiger partial charge in [0.25, 0.3) is 0 Å². The molecule has 4 heterocycles. The molecule has 186 valence electrons. The van der Waals surface area contributed by atoms with E-state index in [4.69, 9.17) is 4.74 Å². The predicted octanol–water partition coefficient (Wildman–Crippen LogP) is 3.79. The normalized spacial score (nSPS) is 24.4. The van der Waals surface area contributed by atoms with Crippen LogP contribution in [0, 0.1) is 0 Å². The Morgan fingerprint density at radius 1 is 1.00 bits per heavy atom. The van der Waals surface area contributed by atoms with E-state index in [-0.39, 0.29) is 23.8 Å². The lowest BCUT2D eigenvalue weighted by Gasteiger charge is -2.35. The summed E-state index contributed by atoms with van der Waals surface area (Å²) in [6.45, 7) is 2.28. The second-order valence-corrected chi connectivity index (χ2v) is 9.09. The first-order chi connectivity index (χ1) is 16.8. The van der Waals surface area contributed by atoms with Gasteiger partial charge in [-0.3, -0.25) is 4.79 Å². The molecule has 1 aromatic heterocycles. The number of morpholine rings is 1. The molecule has 3 atom stereocenters. The molecule has 35 heavy (non-hydrogen) atoms. The topological polar surface area (TPSA) is 86.8 Å². The Kier molecular flexibility index (Phi) is 6.26. The molecule has 3 fully saturated rings.